The number of phosphoric acid groups is 1. The van der Waals surface area contributed by atoms with Crippen LogP contribution in [0.3, 0.4) is 0 Å². The molecule has 0 atom stereocenters. The van der Waals surface area contributed by atoms with Crippen LogP contribution in [0.4, 0.5) is 0 Å². The van der Waals surface area contributed by atoms with E-state index in [-0.39, 0.29) is 12.5 Å². The number of hydrogen-bond donors (Lipinski definition) is 7. The Balaban J connectivity index is 0.000000204. The lowest BCUT2D eigenvalue weighted by molar-refractivity contribution is -0.137. The molecule has 0 saturated heterocycles. The normalized spacial score (nSPS) is 32.0. The average molecular weight is 380 g/mol. The molecule has 4 aliphatic rings. The van der Waals surface area contributed by atoms with Gasteiger partial charge in [0.25, 0.3) is 0 Å². The van der Waals surface area contributed by atoms with E-state index in [4.69, 9.17) is 41.2 Å². The topological polar surface area (TPSA) is 194 Å². The molecule has 0 unspecified atom stereocenters. The number of nitrogens with zero attached hydrogens (tertiary/aromatic N) is 1. The first-order chi connectivity index (χ1) is 11.3. The van der Waals surface area contributed by atoms with Gasteiger partial charge in [-0.1, -0.05) is 0 Å². The highest BCUT2D eigenvalue weighted by Crippen LogP contribution is 2.54. The van der Waals surface area contributed by atoms with Crippen LogP contribution in [-0.2, 0) is 9.36 Å². The minimum Gasteiger partial charge on any atom is -0.480 e. The maximum absolute atomic E-state index is 9.92. The highest BCUT2D eigenvalue weighted by molar-refractivity contribution is 7.45. The number of aliphatic carboxylic acids is 1. The second-order valence-corrected chi connectivity index (χ2v) is 8.45. The van der Waals surface area contributed by atoms with Gasteiger partial charge in [-0.3, -0.25) is 10.2 Å². The quantitative estimate of drug-likeness (QED) is 0.194. The predicted molar refractivity (Wildman–Crippen MR) is 91.5 cm³/mol. The van der Waals surface area contributed by atoms with Crippen LogP contribution in [0, 0.1) is 23.2 Å². The molecule has 0 aromatic heterocycles. The third-order valence-electron chi connectivity index (χ3n) is 4.87. The predicted octanol–water partition coefficient (Wildman–Crippen LogP) is -0.118. The van der Waals surface area contributed by atoms with Gasteiger partial charge >= 0.3 is 13.8 Å². The van der Waals surface area contributed by atoms with Gasteiger partial charge < -0.3 is 36.2 Å². The second kappa shape index (κ2) is 8.46. The van der Waals surface area contributed by atoms with E-state index in [2.05, 4.69) is 0 Å². The van der Waals surface area contributed by atoms with Crippen molar-refractivity contribution in [1.82, 2.24) is 4.90 Å². The summed E-state index contributed by atoms with van der Waals surface area (Å²) in [6.45, 7) is -0.227. The molecule has 0 aromatic carbocycles. The fourth-order valence-corrected chi connectivity index (χ4v) is 4.47. The van der Waals surface area contributed by atoms with Crippen LogP contribution in [0.15, 0.2) is 0 Å². The van der Waals surface area contributed by atoms with E-state index in [1.165, 1.54) is 45.6 Å². The fraction of sp³-hybridized carbons (Fsp3) is 0.857. The molecular formula is C14H29N4O6P. The molecule has 4 fully saturated rings. The number of guanidine groups is 1. The summed E-state index contributed by atoms with van der Waals surface area (Å²) in [7, 11) is -3.20. The van der Waals surface area contributed by atoms with Crippen molar-refractivity contribution in [3.05, 3.63) is 0 Å². The third-order valence-corrected chi connectivity index (χ3v) is 4.87. The number of nitrogens with two attached hydrogens (primary N) is 2. The summed E-state index contributed by atoms with van der Waals surface area (Å²) in [5, 5.41) is 14.9. The molecule has 0 aromatic rings. The Labute approximate surface area is 146 Å². The van der Waals surface area contributed by atoms with Gasteiger partial charge in [-0.05, 0) is 56.3 Å². The zero-order chi connectivity index (χ0) is 19.4. The van der Waals surface area contributed by atoms with Gasteiger partial charge in [0, 0.05) is 12.6 Å². The van der Waals surface area contributed by atoms with Crippen LogP contribution in [0.25, 0.3) is 0 Å². The molecule has 25 heavy (non-hydrogen) atoms. The first-order valence-corrected chi connectivity index (χ1v) is 9.68. The van der Waals surface area contributed by atoms with Crippen LogP contribution in [0.5, 0.6) is 0 Å². The number of hydrogen-bond acceptors (Lipinski definition) is 4. The van der Waals surface area contributed by atoms with Crippen LogP contribution < -0.4 is 11.5 Å². The maximum atomic E-state index is 9.92. The molecule has 0 spiro atoms. The van der Waals surface area contributed by atoms with Crippen molar-refractivity contribution in [3.8, 4) is 0 Å². The van der Waals surface area contributed by atoms with Gasteiger partial charge in [0.15, 0.2) is 5.96 Å². The molecule has 4 saturated carbocycles. The Kier molecular flexibility index (Phi) is 7.40. The Morgan fingerprint density at radius 2 is 1.48 bits per heavy atom. The molecule has 4 aliphatic carbocycles. The van der Waals surface area contributed by atoms with E-state index in [9.17, 15) is 4.79 Å². The molecule has 4 bridgehead atoms. The minimum atomic E-state index is -4.64. The van der Waals surface area contributed by atoms with Crippen molar-refractivity contribution in [2.45, 2.75) is 44.1 Å². The minimum absolute atomic E-state index is 0.227. The fourth-order valence-electron chi connectivity index (χ4n) is 4.47. The zero-order valence-corrected chi connectivity index (χ0v) is 15.2. The van der Waals surface area contributed by atoms with Crippen molar-refractivity contribution in [2.75, 3.05) is 13.6 Å². The molecule has 0 aliphatic heterocycles. The molecule has 9 N–H and O–H groups in total. The molecule has 11 heteroatoms. The summed E-state index contributed by atoms with van der Waals surface area (Å²) >= 11 is 0. The van der Waals surface area contributed by atoms with Gasteiger partial charge in [-0.2, -0.15) is 0 Å². The maximum Gasteiger partial charge on any atom is 0.466 e. The van der Waals surface area contributed by atoms with Gasteiger partial charge in [-0.15, -0.1) is 0 Å². The standard InChI is InChI=1S/C10H17N.C4H9N3O2.H3O4P/c11-10-4-7-1-8(5-10)3-9(2-7)6-10;1-7(4(5)6)2-3(8)9;1-5(2,3)4/h7-9H,1-6,11H2;2H2,1H3,(H3,5,6)(H,8,9);(H3,1,2,3,4). The van der Waals surface area contributed by atoms with Gasteiger partial charge in [0.1, 0.15) is 6.54 Å². The van der Waals surface area contributed by atoms with Crippen molar-refractivity contribution in [1.29, 1.82) is 5.41 Å². The first kappa shape index (κ1) is 21.9. The van der Waals surface area contributed by atoms with E-state index in [0.717, 1.165) is 22.7 Å². The molecule has 0 radical (unpaired) electrons. The number of nitrogens with one attached hydrogen (secondary N) is 1. The summed E-state index contributed by atoms with van der Waals surface area (Å²) in [5.74, 6) is 1.83. The Morgan fingerprint density at radius 3 is 1.64 bits per heavy atom. The highest BCUT2D eigenvalue weighted by Gasteiger charge is 2.48. The lowest BCUT2D eigenvalue weighted by Gasteiger charge is -2.55. The Morgan fingerprint density at radius 1 is 1.16 bits per heavy atom. The van der Waals surface area contributed by atoms with E-state index >= 15 is 0 Å². The molecule has 4 rings (SSSR count). The summed E-state index contributed by atoms with van der Waals surface area (Å²) < 4.78 is 8.88. The highest BCUT2D eigenvalue weighted by atomic mass is 31.2. The van der Waals surface area contributed by atoms with Gasteiger partial charge in [0.2, 0.25) is 0 Å². The molecule has 0 amide bonds. The van der Waals surface area contributed by atoms with Crippen LogP contribution in [-0.4, -0.2) is 55.7 Å². The largest absolute Gasteiger partial charge is 0.480 e. The molecule has 0 heterocycles. The summed E-state index contributed by atoms with van der Waals surface area (Å²) in [4.78, 5) is 32.6. The summed E-state index contributed by atoms with van der Waals surface area (Å²) in [5.41, 5.74) is 11.6. The van der Waals surface area contributed by atoms with Crippen LogP contribution in [0.2, 0.25) is 0 Å². The molecular weight excluding hydrogens is 351 g/mol. The second-order valence-electron chi connectivity index (χ2n) is 7.43. The molecule has 146 valence electrons. The number of likely N-dealkylation sites (N-methyl/N-ethyl adjacent to an activating group) is 1. The number of rotatable bonds is 2. The Hall–Kier alpha value is -1.19. The van der Waals surface area contributed by atoms with Crippen LogP contribution in [0.1, 0.15) is 38.5 Å². The average Bonchev–Trinajstić information content (AvgIpc) is 2.33. The van der Waals surface area contributed by atoms with Crippen molar-refractivity contribution >= 4 is 19.8 Å². The van der Waals surface area contributed by atoms with E-state index in [1.807, 2.05) is 0 Å². The summed E-state index contributed by atoms with van der Waals surface area (Å²) in [6, 6.07) is 0. The van der Waals surface area contributed by atoms with E-state index < -0.39 is 13.8 Å². The van der Waals surface area contributed by atoms with E-state index in [0.29, 0.717) is 5.54 Å². The van der Waals surface area contributed by atoms with Crippen molar-refractivity contribution in [2.24, 2.45) is 29.2 Å². The Bertz CT molecular complexity index is 494. The third kappa shape index (κ3) is 8.64. The monoisotopic (exact) mass is 380 g/mol. The van der Waals surface area contributed by atoms with Crippen LogP contribution >= 0.6 is 7.82 Å². The number of carboxylic acids is 1. The first-order valence-electron chi connectivity index (χ1n) is 8.11. The van der Waals surface area contributed by atoms with Gasteiger partial charge in [0.05, 0.1) is 0 Å². The summed E-state index contributed by atoms with van der Waals surface area (Å²) in [6.07, 6.45) is 8.57. The van der Waals surface area contributed by atoms with Crippen molar-refractivity contribution in [3.63, 3.8) is 0 Å². The zero-order valence-electron chi connectivity index (χ0n) is 14.3. The van der Waals surface area contributed by atoms with E-state index in [1.54, 1.807) is 0 Å². The van der Waals surface area contributed by atoms with Crippen molar-refractivity contribution < 1.29 is 29.1 Å². The van der Waals surface area contributed by atoms with Gasteiger partial charge in [-0.25, -0.2) is 4.57 Å². The smallest absolute Gasteiger partial charge is 0.466 e. The SMILES string of the molecule is CN(CC(=O)O)C(=N)N.NC12CC3CC(CC(C3)C1)C2.O=P(O)(O)O. The lowest BCUT2D eigenvalue weighted by Crippen LogP contribution is -2.55. The lowest BCUT2D eigenvalue weighted by atomic mass is 9.53. The number of carbonyl (C=O) groups is 1. The molecule has 10 nitrogen and oxygen atoms in total. The number of carboxylic acid groups (broad SMARTS) is 1.